The van der Waals surface area contributed by atoms with E-state index in [0.29, 0.717) is 12.3 Å². The maximum atomic E-state index is 9.87. The summed E-state index contributed by atoms with van der Waals surface area (Å²) < 4.78 is 12.2. The molecule has 2 aromatic heterocycles. The molecule has 3 aromatic rings. The Balaban J connectivity index is 2.01. The topological polar surface area (TPSA) is 72.2 Å². The fourth-order valence-electron chi connectivity index (χ4n) is 2.16. The number of phenolic OH excluding ortho intramolecular Hbond substituents is 1. The van der Waals surface area contributed by atoms with E-state index in [0.717, 1.165) is 21.8 Å². The summed E-state index contributed by atoms with van der Waals surface area (Å²) in [5, 5.41) is 16.3. The molecule has 0 radical (unpaired) electrons. The number of furan rings is 1. The molecule has 0 saturated carbocycles. The standard InChI is InChI=1S/C17H17N3O3S/c1-3-18-17-20(13(11-24-17)15-5-4-8-23-15)19-10-12-6-7-16(22-2)14(21)9-12/h4-11,21H,3H2,1-2H3/b18-17?,19-10-. The second kappa shape index (κ2) is 7.18. The third-order valence-corrected chi connectivity index (χ3v) is 4.13. The molecule has 3 rings (SSSR count). The monoisotopic (exact) mass is 343 g/mol. The van der Waals surface area contributed by atoms with Crippen LogP contribution < -0.4 is 9.54 Å². The quantitative estimate of drug-likeness (QED) is 0.722. The summed E-state index contributed by atoms with van der Waals surface area (Å²) in [5.74, 6) is 1.22. The summed E-state index contributed by atoms with van der Waals surface area (Å²) in [5.41, 5.74) is 1.58. The number of rotatable bonds is 5. The van der Waals surface area contributed by atoms with Crippen LogP contribution in [0.2, 0.25) is 0 Å². The van der Waals surface area contributed by atoms with Crippen LogP contribution in [0.1, 0.15) is 12.5 Å². The van der Waals surface area contributed by atoms with Gasteiger partial charge in [0, 0.05) is 11.9 Å². The van der Waals surface area contributed by atoms with E-state index in [1.54, 1.807) is 29.3 Å². The van der Waals surface area contributed by atoms with Crippen molar-refractivity contribution in [2.24, 2.45) is 10.1 Å². The number of benzene rings is 1. The summed E-state index contributed by atoms with van der Waals surface area (Å²) in [6.07, 6.45) is 3.28. The number of thiazole rings is 1. The van der Waals surface area contributed by atoms with Gasteiger partial charge in [-0.1, -0.05) is 0 Å². The van der Waals surface area contributed by atoms with Crippen molar-refractivity contribution in [1.82, 2.24) is 4.68 Å². The zero-order valence-electron chi connectivity index (χ0n) is 13.3. The number of hydrogen-bond donors (Lipinski definition) is 1. The van der Waals surface area contributed by atoms with E-state index in [-0.39, 0.29) is 5.75 Å². The second-order valence-electron chi connectivity index (χ2n) is 4.84. The average molecular weight is 343 g/mol. The number of aromatic hydroxyl groups is 1. The van der Waals surface area contributed by atoms with Crippen LogP contribution in [0.15, 0.2) is 56.5 Å². The third-order valence-electron chi connectivity index (χ3n) is 3.28. The van der Waals surface area contributed by atoms with Gasteiger partial charge in [-0.2, -0.15) is 5.10 Å². The Kier molecular flexibility index (Phi) is 4.81. The highest BCUT2D eigenvalue weighted by molar-refractivity contribution is 7.07. The molecular weight excluding hydrogens is 326 g/mol. The molecule has 2 heterocycles. The van der Waals surface area contributed by atoms with Crippen molar-refractivity contribution < 1.29 is 14.3 Å². The van der Waals surface area contributed by atoms with Gasteiger partial charge in [-0.25, -0.2) is 4.68 Å². The van der Waals surface area contributed by atoms with Crippen molar-refractivity contribution in [3.63, 3.8) is 0 Å². The lowest BCUT2D eigenvalue weighted by molar-refractivity contribution is 0.373. The minimum Gasteiger partial charge on any atom is -0.504 e. The average Bonchev–Trinajstić information content (AvgIpc) is 3.23. The van der Waals surface area contributed by atoms with E-state index < -0.39 is 0 Å². The van der Waals surface area contributed by atoms with E-state index >= 15 is 0 Å². The van der Waals surface area contributed by atoms with Gasteiger partial charge in [-0.3, -0.25) is 4.99 Å². The molecule has 0 fully saturated rings. The Bertz CT molecular complexity index is 908. The normalized spacial score (nSPS) is 12.2. The van der Waals surface area contributed by atoms with Gasteiger partial charge in [0.25, 0.3) is 0 Å². The lowest BCUT2D eigenvalue weighted by Gasteiger charge is -2.04. The van der Waals surface area contributed by atoms with Crippen molar-refractivity contribution in [2.45, 2.75) is 6.92 Å². The fourth-order valence-corrected chi connectivity index (χ4v) is 3.04. The lowest BCUT2D eigenvalue weighted by atomic mass is 10.2. The highest BCUT2D eigenvalue weighted by Crippen LogP contribution is 2.25. The highest BCUT2D eigenvalue weighted by atomic mass is 32.1. The van der Waals surface area contributed by atoms with Crippen LogP contribution in [0.4, 0.5) is 0 Å². The first-order chi connectivity index (χ1) is 11.7. The molecular formula is C17H17N3O3S. The van der Waals surface area contributed by atoms with Gasteiger partial charge < -0.3 is 14.3 Å². The predicted molar refractivity (Wildman–Crippen MR) is 93.8 cm³/mol. The zero-order valence-corrected chi connectivity index (χ0v) is 14.2. The molecule has 0 unspecified atom stereocenters. The molecule has 24 heavy (non-hydrogen) atoms. The van der Waals surface area contributed by atoms with Crippen LogP contribution in [-0.2, 0) is 0 Å². The lowest BCUT2D eigenvalue weighted by Crippen LogP contribution is -2.12. The van der Waals surface area contributed by atoms with Gasteiger partial charge >= 0.3 is 0 Å². The van der Waals surface area contributed by atoms with Crippen molar-refractivity contribution >= 4 is 17.6 Å². The van der Waals surface area contributed by atoms with Crippen LogP contribution in [0.5, 0.6) is 11.5 Å². The predicted octanol–water partition coefficient (Wildman–Crippen LogP) is 3.33. The van der Waals surface area contributed by atoms with Crippen molar-refractivity contribution in [3.8, 4) is 23.0 Å². The van der Waals surface area contributed by atoms with Gasteiger partial charge in [-0.15, -0.1) is 11.3 Å². The Morgan fingerprint density at radius 2 is 2.25 bits per heavy atom. The summed E-state index contributed by atoms with van der Waals surface area (Å²) in [6, 6.07) is 8.82. The number of aromatic nitrogens is 1. The maximum Gasteiger partial charge on any atom is 0.206 e. The van der Waals surface area contributed by atoms with Crippen LogP contribution in [0.25, 0.3) is 11.5 Å². The van der Waals surface area contributed by atoms with Gasteiger partial charge in [0.05, 0.1) is 19.6 Å². The minimum atomic E-state index is 0.0708. The summed E-state index contributed by atoms with van der Waals surface area (Å²) >= 11 is 1.50. The van der Waals surface area contributed by atoms with E-state index in [1.807, 2.05) is 30.5 Å². The zero-order chi connectivity index (χ0) is 16.9. The third kappa shape index (κ3) is 3.26. The largest absolute Gasteiger partial charge is 0.504 e. The van der Waals surface area contributed by atoms with Crippen LogP contribution >= 0.6 is 11.3 Å². The first kappa shape index (κ1) is 16.1. The van der Waals surface area contributed by atoms with Crippen LogP contribution in [0.3, 0.4) is 0 Å². The molecule has 0 amide bonds. The number of ether oxygens (including phenoxy) is 1. The molecule has 0 aliphatic heterocycles. The Morgan fingerprint density at radius 3 is 2.92 bits per heavy atom. The molecule has 0 bridgehead atoms. The molecule has 0 aliphatic rings. The minimum absolute atomic E-state index is 0.0708. The Morgan fingerprint density at radius 1 is 1.38 bits per heavy atom. The van der Waals surface area contributed by atoms with Crippen LogP contribution in [-0.4, -0.2) is 29.7 Å². The number of phenols is 1. The van der Waals surface area contributed by atoms with E-state index in [2.05, 4.69) is 10.1 Å². The highest BCUT2D eigenvalue weighted by Gasteiger charge is 2.09. The summed E-state index contributed by atoms with van der Waals surface area (Å²) in [6.45, 7) is 2.64. The van der Waals surface area contributed by atoms with E-state index in [9.17, 15) is 5.11 Å². The molecule has 0 aliphatic carbocycles. The maximum absolute atomic E-state index is 9.87. The number of methoxy groups -OCH3 is 1. The molecule has 1 aromatic carbocycles. The SMILES string of the molecule is CCN=c1scc(-c2ccco2)n1/N=C\c1ccc(OC)c(O)c1. The molecule has 0 spiro atoms. The number of hydrogen-bond acceptors (Lipinski definition) is 6. The molecule has 0 atom stereocenters. The molecule has 7 heteroatoms. The van der Waals surface area contributed by atoms with Gasteiger partial charge in [0.1, 0.15) is 5.69 Å². The van der Waals surface area contributed by atoms with Gasteiger partial charge in [0.2, 0.25) is 4.80 Å². The first-order valence-corrected chi connectivity index (χ1v) is 8.27. The first-order valence-electron chi connectivity index (χ1n) is 7.39. The van der Waals surface area contributed by atoms with E-state index in [1.165, 1.54) is 18.4 Å². The summed E-state index contributed by atoms with van der Waals surface area (Å²) in [4.78, 5) is 5.23. The number of nitrogens with zero attached hydrogens (tertiary/aromatic N) is 3. The Hall–Kier alpha value is -2.80. The van der Waals surface area contributed by atoms with Crippen molar-refractivity contribution in [2.75, 3.05) is 13.7 Å². The molecule has 0 saturated heterocycles. The Labute approximate surface area is 143 Å². The van der Waals surface area contributed by atoms with Gasteiger partial charge in [0.15, 0.2) is 17.3 Å². The summed E-state index contributed by atoms with van der Waals surface area (Å²) in [7, 11) is 1.51. The van der Waals surface area contributed by atoms with E-state index in [4.69, 9.17) is 9.15 Å². The van der Waals surface area contributed by atoms with Gasteiger partial charge in [-0.05, 0) is 42.8 Å². The molecule has 6 nitrogen and oxygen atoms in total. The van der Waals surface area contributed by atoms with Crippen molar-refractivity contribution in [3.05, 3.63) is 52.3 Å². The van der Waals surface area contributed by atoms with Crippen LogP contribution in [0, 0.1) is 0 Å². The fraction of sp³-hybridized carbons (Fsp3) is 0.176. The molecule has 124 valence electrons. The second-order valence-corrected chi connectivity index (χ2v) is 5.68. The van der Waals surface area contributed by atoms with Crippen molar-refractivity contribution in [1.29, 1.82) is 0 Å². The smallest absolute Gasteiger partial charge is 0.206 e. The molecule has 1 N–H and O–H groups in total.